The lowest BCUT2D eigenvalue weighted by molar-refractivity contribution is -0.141. The van der Waals surface area contributed by atoms with Crippen molar-refractivity contribution in [2.45, 2.75) is 19.8 Å². The first-order chi connectivity index (χ1) is 7.58. The third kappa shape index (κ3) is 2.89. The van der Waals surface area contributed by atoms with Crippen LogP contribution in [0.4, 0.5) is 5.69 Å². The minimum absolute atomic E-state index is 0.353. The van der Waals surface area contributed by atoms with Gasteiger partial charge in [0, 0.05) is 0 Å². The molecule has 0 aliphatic heterocycles. The Bertz CT molecular complexity index is 377. The van der Waals surface area contributed by atoms with Crippen LogP contribution >= 0.6 is 0 Å². The van der Waals surface area contributed by atoms with Gasteiger partial charge >= 0.3 is 5.97 Å². The van der Waals surface area contributed by atoms with Crippen molar-refractivity contribution in [3.63, 3.8) is 0 Å². The Morgan fingerprint density at radius 3 is 2.75 bits per heavy atom. The molecule has 1 rings (SSSR count). The zero-order valence-corrected chi connectivity index (χ0v) is 9.56. The van der Waals surface area contributed by atoms with Gasteiger partial charge in [0.05, 0.1) is 18.7 Å². The van der Waals surface area contributed by atoms with Crippen LogP contribution in [-0.4, -0.2) is 18.2 Å². The van der Waals surface area contributed by atoms with Crippen LogP contribution in [0.2, 0.25) is 0 Å². The predicted octanol–water partition coefficient (Wildman–Crippen LogP) is 1.93. The highest BCUT2D eigenvalue weighted by molar-refractivity contribution is 5.70. The number of hydrogen-bond donors (Lipinski definition) is 2. The summed E-state index contributed by atoms with van der Waals surface area (Å²) in [4.78, 5) is 10.9. The van der Waals surface area contributed by atoms with Crippen molar-refractivity contribution in [2.75, 3.05) is 12.8 Å². The molecule has 0 spiro atoms. The fourth-order valence-electron chi connectivity index (χ4n) is 1.57. The largest absolute Gasteiger partial charge is 0.495 e. The second-order valence-corrected chi connectivity index (χ2v) is 3.72. The number of nitrogen functional groups attached to an aromatic ring is 1. The third-order valence-electron chi connectivity index (χ3n) is 2.62. The van der Waals surface area contributed by atoms with E-state index in [9.17, 15) is 4.79 Å². The van der Waals surface area contributed by atoms with E-state index in [-0.39, 0.29) is 5.92 Å². The van der Waals surface area contributed by atoms with Gasteiger partial charge < -0.3 is 15.6 Å². The topological polar surface area (TPSA) is 72.5 Å². The standard InChI is InChI=1S/C12H17NO3/c1-3-9(12(14)15)6-8-4-5-10(13)11(7-8)16-2/h4-5,7,9H,3,6,13H2,1-2H3,(H,14,15). The summed E-state index contributed by atoms with van der Waals surface area (Å²) in [5.74, 6) is -0.524. The Morgan fingerprint density at radius 1 is 1.56 bits per heavy atom. The monoisotopic (exact) mass is 223 g/mol. The number of ether oxygens (including phenoxy) is 1. The van der Waals surface area contributed by atoms with E-state index in [1.165, 1.54) is 0 Å². The van der Waals surface area contributed by atoms with Gasteiger partial charge in [0.25, 0.3) is 0 Å². The van der Waals surface area contributed by atoms with Crippen molar-refractivity contribution in [3.8, 4) is 5.75 Å². The first-order valence-corrected chi connectivity index (χ1v) is 5.23. The summed E-state index contributed by atoms with van der Waals surface area (Å²) in [6.07, 6.45) is 1.12. The highest BCUT2D eigenvalue weighted by Gasteiger charge is 2.16. The number of methoxy groups -OCH3 is 1. The Kier molecular flexibility index (Phi) is 4.17. The minimum atomic E-state index is -0.765. The Hall–Kier alpha value is -1.71. The lowest BCUT2D eigenvalue weighted by atomic mass is 9.97. The van der Waals surface area contributed by atoms with E-state index in [1.807, 2.05) is 13.0 Å². The van der Waals surface area contributed by atoms with Crippen LogP contribution < -0.4 is 10.5 Å². The fraction of sp³-hybridized carbons (Fsp3) is 0.417. The lowest BCUT2D eigenvalue weighted by Gasteiger charge is -2.11. The molecule has 16 heavy (non-hydrogen) atoms. The first-order valence-electron chi connectivity index (χ1n) is 5.23. The molecular weight excluding hydrogens is 206 g/mol. The number of anilines is 1. The molecule has 0 radical (unpaired) electrons. The third-order valence-corrected chi connectivity index (χ3v) is 2.62. The number of rotatable bonds is 5. The number of carboxylic acid groups (broad SMARTS) is 1. The van der Waals surface area contributed by atoms with Crippen LogP contribution in [-0.2, 0) is 11.2 Å². The molecule has 0 fully saturated rings. The number of benzene rings is 1. The van der Waals surface area contributed by atoms with Gasteiger partial charge in [-0.1, -0.05) is 13.0 Å². The molecular formula is C12H17NO3. The summed E-state index contributed by atoms with van der Waals surface area (Å²) in [5.41, 5.74) is 7.18. The molecule has 0 aliphatic carbocycles. The Morgan fingerprint density at radius 2 is 2.25 bits per heavy atom. The van der Waals surface area contributed by atoms with Gasteiger partial charge in [-0.15, -0.1) is 0 Å². The number of hydrogen-bond acceptors (Lipinski definition) is 3. The van der Waals surface area contributed by atoms with Gasteiger partial charge in [0.2, 0.25) is 0 Å². The second kappa shape index (κ2) is 5.39. The molecule has 88 valence electrons. The summed E-state index contributed by atoms with van der Waals surface area (Å²) in [6.45, 7) is 1.87. The van der Waals surface area contributed by atoms with E-state index < -0.39 is 5.97 Å². The Labute approximate surface area is 95.0 Å². The van der Waals surface area contributed by atoms with Crippen LogP contribution in [0.15, 0.2) is 18.2 Å². The fourth-order valence-corrected chi connectivity index (χ4v) is 1.57. The Balaban J connectivity index is 2.84. The maximum atomic E-state index is 10.9. The van der Waals surface area contributed by atoms with E-state index in [0.29, 0.717) is 24.3 Å². The van der Waals surface area contributed by atoms with E-state index >= 15 is 0 Å². The highest BCUT2D eigenvalue weighted by Crippen LogP contribution is 2.24. The quantitative estimate of drug-likeness (QED) is 0.748. The van der Waals surface area contributed by atoms with Crippen LogP contribution in [0, 0.1) is 5.92 Å². The van der Waals surface area contributed by atoms with Gasteiger partial charge in [-0.2, -0.15) is 0 Å². The van der Waals surface area contributed by atoms with Crippen molar-refractivity contribution >= 4 is 11.7 Å². The van der Waals surface area contributed by atoms with Gasteiger partial charge in [-0.25, -0.2) is 0 Å². The van der Waals surface area contributed by atoms with Gasteiger partial charge in [-0.05, 0) is 30.5 Å². The van der Waals surface area contributed by atoms with Crippen molar-refractivity contribution in [1.82, 2.24) is 0 Å². The van der Waals surface area contributed by atoms with E-state index in [2.05, 4.69) is 0 Å². The molecule has 1 aromatic rings. The summed E-state index contributed by atoms with van der Waals surface area (Å²) in [5, 5.41) is 8.96. The van der Waals surface area contributed by atoms with Gasteiger partial charge in [-0.3, -0.25) is 4.79 Å². The van der Waals surface area contributed by atoms with E-state index in [4.69, 9.17) is 15.6 Å². The lowest BCUT2D eigenvalue weighted by Crippen LogP contribution is -2.15. The second-order valence-electron chi connectivity index (χ2n) is 3.72. The van der Waals surface area contributed by atoms with Gasteiger partial charge in [0.15, 0.2) is 0 Å². The molecule has 0 aromatic heterocycles. The first kappa shape index (κ1) is 12.4. The zero-order valence-electron chi connectivity index (χ0n) is 9.56. The summed E-state index contributed by atoms with van der Waals surface area (Å²) < 4.78 is 5.09. The van der Waals surface area contributed by atoms with Crippen LogP contribution in [0.3, 0.4) is 0 Å². The molecule has 0 heterocycles. The highest BCUT2D eigenvalue weighted by atomic mass is 16.5. The number of carboxylic acids is 1. The summed E-state index contributed by atoms with van der Waals surface area (Å²) >= 11 is 0. The summed E-state index contributed by atoms with van der Waals surface area (Å²) in [6, 6.07) is 5.37. The average molecular weight is 223 g/mol. The van der Waals surface area contributed by atoms with Gasteiger partial charge in [0.1, 0.15) is 5.75 Å². The molecule has 0 saturated heterocycles. The molecule has 4 heteroatoms. The van der Waals surface area contributed by atoms with E-state index in [0.717, 1.165) is 5.56 Å². The van der Waals surface area contributed by atoms with Crippen molar-refractivity contribution in [1.29, 1.82) is 0 Å². The van der Waals surface area contributed by atoms with Crippen molar-refractivity contribution in [2.24, 2.45) is 5.92 Å². The molecule has 0 amide bonds. The number of aliphatic carboxylic acids is 1. The predicted molar refractivity (Wildman–Crippen MR) is 62.5 cm³/mol. The minimum Gasteiger partial charge on any atom is -0.495 e. The summed E-state index contributed by atoms with van der Waals surface area (Å²) in [7, 11) is 1.55. The maximum absolute atomic E-state index is 10.9. The van der Waals surface area contributed by atoms with Crippen molar-refractivity contribution in [3.05, 3.63) is 23.8 Å². The smallest absolute Gasteiger partial charge is 0.306 e. The zero-order chi connectivity index (χ0) is 12.1. The average Bonchev–Trinajstić information content (AvgIpc) is 2.27. The molecule has 1 aromatic carbocycles. The van der Waals surface area contributed by atoms with Crippen LogP contribution in [0.25, 0.3) is 0 Å². The van der Waals surface area contributed by atoms with Crippen LogP contribution in [0.5, 0.6) is 5.75 Å². The molecule has 0 aliphatic rings. The number of carbonyl (C=O) groups is 1. The molecule has 0 saturated carbocycles. The molecule has 0 bridgehead atoms. The normalized spacial score (nSPS) is 12.1. The molecule has 1 unspecified atom stereocenters. The maximum Gasteiger partial charge on any atom is 0.306 e. The number of nitrogens with two attached hydrogens (primary N) is 1. The SMILES string of the molecule is CCC(Cc1ccc(N)c(OC)c1)C(=O)O. The van der Waals surface area contributed by atoms with Crippen molar-refractivity contribution < 1.29 is 14.6 Å². The molecule has 4 nitrogen and oxygen atoms in total. The van der Waals surface area contributed by atoms with Crippen LogP contribution in [0.1, 0.15) is 18.9 Å². The molecule has 3 N–H and O–H groups in total. The van der Waals surface area contributed by atoms with E-state index in [1.54, 1.807) is 19.2 Å². The molecule has 1 atom stereocenters.